The zero-order valence-electron chi connectivity index (χ0n) is 23.5. The highest BCUT2D eigenvalue weighted by molar-refractivity contribution is 4.97. The first kappa shape index (κ1) is 37.0. The van der Waals surface area contributed by atoms with Crippen LogP contribution in [0.2, 0.25) is 0 Å². The second kappa shape index (κ2) is 15.6. The summed E-state index contributed by atoms with van der Waals surface area (Å²) in [6.07, 6.45) is -35.3. The highest BCUT2D eigenvalue weighted by atomic mass is 16.8. The molecule has 4 aliphatic heterocycles. The van der Waals surface area contributed by atoms with Gasteiger partial charge < -0.3 is 105 Å². The molecule has 0 aromatic rings. The van der Waals surface area contributed by atoms with Crippen LogP contribution in [-0.2, 0) is 33.2 Å². The molecule has 0 aromatic heterocycles. The van der Waals surface area contributed by atoms with Crippen molar-refractivity contribution in [3.8, 4) is 0 Å². The maximum absolute atomic E-state index is 10.9. The van der Waals surface area contributed by atoms with Gasteiger partial charge in [-0.15, -0.1) is 0 Å². The average molecular weight is 667 g/mol. The first-order chi connectivity index (χ1) is 21.3. The molecule has 4 aliphatic rings. The van der Waals surface area contributed by atoms with Crippen LogP contribution in [0.25, 0.3) is 0 Å². The molecule has 4 fully saturated rings. The fourth-order valence-corrected chi connectivity index (χ4v) is 5.55. The summed E-state index contributed by atoms with van der Waals surface area (Å²) in [7, 11) is 0. The van der Waals surface area contributed by atoms with E-state index in [1.165, 1.54) is 0 Å². The topological polar surface area (TPSA) is 348 Å². The van der Waals surface area contributed by atoms with Crippen LogP contribution in [0.5, 0.6) is 0 Å². The van der Waals surface area contributed by atoms with Crippen LogP contribution >= 0.6 is 0 Å². The summed E-state index contributed by atoms with van der Waals surface area (Å²) in [5.41, 5.74) is 0. The standard InChI is InChI=1S/C24H42O21/c25-1-5-9(29)10(30)15(35)22(40-5)44-19-7(3-27)42-24(17(37)12(19)32)45-20-8(4-28)41-23(16(36)13(20)33)43-18-6(2-26)39-21(38)14(34)11(18)31/h5-38H,1-4H2/t5-,6-,7-,8-,9+,10-,11+,12+,13+,14+,15+,16+,17+,18+,19+,20+,21-,22+,23+,24+/m0/s1. The quantitative estimate of drug-likeness (QED) is 0.103. The van der Waals surface area contributed by atoms with Crippen molar-refractivity contribution in [1.82, 2.24) is 0 Å². The van der Waals surface area contributed by atoms with Crippen LogP contribution in [0.1, 0.15) is 0 Å². The van der Waals surface area contributed by atoms with Crippen LogP contribution in [0.3, 0.4) is 0 Å². The molecule has 21 heteroatoms. The van der Waals surface area contributed by atoms with E-state index in [1.807, 2.05) is 0 Å². The lowest BCUT2D eigenvalue weighted by Gasteiger charge is -2.49. The lowest BCUT2D eigenvalue weighted by Crippen LogP contribution is -2.67. The highest BCUT2D eigenvalue weighted by Gasteiger charge is 2.55. The summed E-state index contributed by atoms with van der Waals surface area (Å²) in [4.78, 5) is 0. The summed E-state index contributed by atoms with van der Waals surface area (Å²) >= 11 is 0. The van der Waals surface area contributed by atoms with Crippen molar-refractivity contribution in [2.75, 3.05) is 26.4 Å². The summed E-state index contributed by atoms with van der Waals surface area (Å²) < 4.78 is 37.7. The molecule has 4 heterocycles. The van der Waals surface area contributed by atoms with Gasteiger partial charge in [-0.05, 0) is 0 Å². The Morgan fingerprint density at radius 1 is 0.333 bits per heavy atom. The molecule has 0 aliphatic carbocycles. The average Bonchev–Trinajstić information content (AvgIpc) is 3.03. The van der Waals surface area contributed by atoms with E-state index in [9.17, 15) is 71.5 Å². The Kier molecular flexibility index (Phi) is 12.8. The molecule has 0 spiro atoms. The first-order valence-electron chi connectivity index (χ1n) is 14.1. The maximum Gasteiger partial charge on any atom is 0.187 e. The van der Waals surface area contributed by atoms with E-state index in [0.29, 0.717) is 0 Å². The predicted molar refractivity (Wildman–Crippen MR) is 134 cm³/mol. The molecule has 14 N–H and O–H groups in total. The number of aliphatic hydroxyl groups excluding tert-OH is 14. The van der Waals surface area contributed by atoms with Crippen molar-refractivity contribution in [2.45, 2.75) is 123 Å². The van der Waals surface area contributed by atoms with E-state index in [2.05, 4.69) is 0 Å². The summed E-state index contributed by atoms with van der Waals surface area (Å²) in [6, 6.07) is 0. The van der Waals surface area contributed by atoms with Crippen molar-refractivity contribution in [2.24, 2.45) is 0 Å². The van der Waals surface area contributed by atoms with Crippen LogP contribution in [-0.4, -0.2) is 221 Å². The van der Waals surface area contributed by atoms with Gasteiger partial charge in [-0.1, -0.05) is 0 Å². The highest BCUT2D eigenvalue weighted by Crippen LogP contribution is 2.34. The van der Waals surface area contributed by atoms with Gasteiger partial charge in [0.05, 0.1) is 26.4 Å². The van der Waals surface area contributed by atoms with Crippen molar-refractivity contribution in [3.63, 3.8) is 0 Å². The van der Waals surface area contributed by atoms with E-state index in [1.54, 1.807) is 0 Å². The molecule has 0 aromatic carbocycles. The van der Waals surface area contributed by atoms with E-state index in [-0.39, 0.29) is 0 Å². The van der Waals surface area contributed by atoms with Crippen molar-refractivity contribution in [3.05, 3.63) is 0 Å². The van der Waals surface area contributed by atoms with Gasteiger partial charge in [-0.25, -0.2) is 0 Å². The third-order valence-corrected chi connectivity index (χ3v) is 8.20. The molecule has 4 rings (SSSR count). The predicted octanol–water partition coefficient (Wildman–Crippen LogP) is -9.75. The summed E-state index contributed by atoms with van der Waals surface area (Å²) in [5.74, 6) is 0. The molecular weight excluding hydrogens is 624 g/mol. The molecule has 20 atom stereocenters. The molecular formula is C24H42O21. The molecule has 0 radical (unpaired) electrons. The Morgan fingerprint density at radius 2 is 0.644 bits per heavy atom. The smallest absolute Gasteiger partial charge is 0.187 e. The van der Waals surface area contributed by atoms with Crippen LogP contribution in [0.15, 0.2) is 0 Å². The fourth-order valence-electron chi connectivity index (χ4n) is 5.55. The number of hydrogen-bond acceptors (Lipinski definition) is 21. The lowest BCUT2D eigenvalue weighted by atomic mass is 9.95. The Balaban J connectivity index is 1.43. The molecule has 4 saturated heterocycles. The SMILES string of the molecule is OC[C@@H]1O[C@H](O[C@H]2[C@H](O)[C@@H](O)[C@@H](O[C@H]3[C@H](O)[C@@H](O)[C@@H](O[C@H]4[C@H](O)[C@@H](O)[C@@H](O)O[C@H]4CO)O[C@H]3CO)O[C@H]2CO)[C@H](O)[C@@H](O)[C@@H]1O. The number of aliphatic hydroxyl groups is 14. The number of hydrogen-bond donors (Lipinski definition) is 14. The second-order valence-corrected chi connectivity index (χ2v) is 11.1. The number of ether oxygens (including phenoxy) is 7. The fraction of sp³-hybridized carbons (Fsp3) is 1.00. The molecule has 0 unspecified atom stereocenters. The zero-order chi connectivity index (χ0) is 33.3. The minimum Gasteiger partial charge on any atom is -0.394 e. The largest absolute Gasteiger partial charge is 0.394 e. The third-order valence-electron chi connectivity index (χ3n) is 8.20. The van der Waals surface area contributed by atoms with Gasteiger partial charge in [0.1, 0.15) is 97.7 Å². The first-order valence-corrected chi connectivity index (χ1v) is 14.1. The second-order valence-electron chi connectivity index (χ2n) is 11.1. The van der Waals surface area contributed by atoms with E-state index in [0.717, 1.165) is 0 Å². The monoisotopic (exact) mass is 666 g/mol. The normalized spacial score (nSPS) is 52.9. The van der Waals surface area contributed by atoms with Gasteiger partial charge in [0.15, 0.2) is 25.2 Å². The molecule has 21 nitrogen and oxygen atoms in total. The van der Waals surface area contributed by atoms with Crippen LogP contribution in [0, 0.1) is 0 Å². The number of rotatable bonds is 10. The van der Waals surface area contributed by atoms with Gasteiger partial charge in [-0.2, -0.15) is 0 Å². The van der Waals surface area contributed by atoms with Gasteiger partial charge >= 0.3 is 0 Å². The van der Waals surface area contributed by atoms with Gasteiger partial charge in [0.25, 0.3) is 0 Å². The van der Waals surface area contributed by atoms with Gasteiger partial charge in [0, 0.05) is 0 Å². The van der Waals surface area contributed by atoms with Crippen molar-refractivity contribution in [1.29, 1.82) is 0 Å². The third kappa shape index (κ3) is 7.44. The molecule has 0 saturated carbocycles. The maximum atomic E-state index is 10.9. The van der Waals surface area contributed by atoms with E-state index >= 15 is 0 Å². The Hall–Kier alpha value is -0.840. The van der Waals surface area contributed by atoms with Gasteiger partial charge in [0.2, 0.25) is 0 Å². The van der Waals surface area contributed by atoms with E-state index in [4.69, 9.17) is 33.2 Å². The molecule has 0 bridgehead atoms. The minimum atomic E-state index is -2.02. The van der Waals surface area contributed by atoms with Crippen LogP contribution < -0.4 is 0 Å². The molecule has 0 amide bonds. The van der Waals surface area contributed by atoms with Crippen molar-refractivity contribution >= 4 is 0 Å². The minimum absolute atomic E-state index is 0.784. The Labute approximate surface area is 254 Å². The van der Waals surface area contributed by atoms with E-state index < -0.39 is 149 Å². The Morgan fingerprint density at radius 3 is 1.02 bits per heavy atom. The zero-order valence-corrected chi connectivity index (χ0v) is 23.5. The Bertz CT molecular complexity index is 910. The molecule has 264 valence electrons. The summed E-state index contributed by atoms with van der Waals surface area (Å²) in [6.45, 7) is -3.39. The van der Waals surface area contributed by atoms with Gasteiger partial charge in [-0.3, -0.25) is 0 Å². The summed E-state index contributed by atoms with van der Waals surface area (Å²) in [5, 5.41) is 142. The molecule has 45 heavy (non-hydrogen) atoms. The van der Waals surface area contributed by atoms with Crippen LogP contribution in [0.4, 0.5) is 0 Å². The lowest BCUT2D eigenvalue weighted by molar-refractivity contribution is -0.387. The van der Waals surface area contributed by atoms with Crippen molar-refractivity contribution < 1.29 is 105 Å².